The molecule has 0 saturated carbocycles. The first kappa shape index (κ1) is 14.7. The van der Waals surface area contributed by atoms with E-state index in [1.165, 1.54) is 4.90 Å². The lowest BCUT2D eigenvalue weighted by Gasteiger charge is -2.20. The highest BCUT2D eigenvalue weighted by Gasteiger charge is 2.31. The van der Waals surface area contributed by atoms with Crippen molar-refractivity contribution in [1.29, 1.82) is 10.5 Å². The molecule has 1 aromatic rings. The minimum absolute atomic E-state index is 0.00153. The summed E-state index contributed by atoms with van der Waals surface area (Å²) in [5, 5.41) is 18.2. The number of hydrogen-bond acceptors (Lipinski definition) is 4. The van der Waals surface area contributed by atoms with Crippen molar-refractivity contribution >= 4 is 11.8 Å². The van der Waals surface area contributed by atoms with Crippen LogP contribution in [0.4, 0.5) is 0 Å². The SMILES string of the molecule is N#CC(C#N)C(CC(=O)N1CCCC1=O)c1ccccc1. The topological polar surface area (TPSA) is 85.0 Å². The van der Waals surface area contributed by atoms with Crippen LogP contribution in [0.3, 0.4) is 0 Å². The Balaban J connectivity index is 2.21. The van der Waals surface area contributed by atoms with Crippen LogP contribution in [-0.2, 0) is 9.59 Å². The Hall–Kier alpha value is -2.66. The molecular formula is C16H15N3O2. The molecule has 2 rings (SSSR count). The van der Waals surface area contributed by atoms with E-state index in [4.69, 9.17) is 10.5 Å². The minimum Gasteiger partial charge on any atom is -0.283 e. The van der Waals surface area contributed by atoms with Crippen LogP contribution in [-0.4, -0.2) is 23.3 Å². The molecule has 0 N–H and O–H groups in total. The highest BCUT2D eigenvalue weighted by atomic mass is 16.2. The van der Waals surface area contributed by atoms with Crippen LogP contribution in [0.5, 0.6) is 0 Å². The Morgan fingerprint density at radius 3 is 2.43 bits per heavy atom. The van der Waals surface area contributed by atoms with Crippen molar-refractivity contribution in [2.75, 3.05) is 6.54 Å². The van der Waals surface area contributed by atoms with Crippen molar-refractivity contribution in [1.82, 2.24) is 4.90 Å². The molecule has 1 aliphatic heterocycles. The maximum Gasteiger partial charge on any atom is 0.229 e. The monoisotopic (exact) mass is 281 g/mol. The van der Waals surface area contributed by atoms with Gasteiger partial charge in [0.15, 0.2) is 0 Å². The molecule has 5 heteroatoms. The third kappa shape index (κ3) is 3.27. The van der Waals surface area contributed by atoms with Crippen molar-refractivity contribution in [2.24, 2.45) is 5.92 Å². The van der Waals surface area contributed by atoms with E-state index in [9.17, 15) is 9.59 Å². The molecule has 106 valence electrons. The summed E-state index contributed by atoms with van der Waals surface area (Å²) in [5.41, 5.74) is 0.769. The van der Waals surface area contributed by atoms with Crippen molar-refractivity contribution in [3.63, 3.8) is 0 Å². The second kappa shape index (κ2) is 6.67. The van der Waals surface area contributed by atoms with Gasteiger partial charge in [-0.25, -0.2) is 0 Å². The van der Waals surface area contributed by atoms with Crippen LogP contribution in [0.15, 0.2) is 30.3 Å². The molecular weight excluding hydrogens is 266 g/mol. The molecule has 1 heterocycles. The Morgan fingerprint density at radius 1 is 1.24 bits per heavy atom. The zero-order valence-corrected chi connectivity index (χ0v) is 11.5. The van der Waals surface area contributed by atoms with Gasteiger partial charge in [-0.3, -0.25) is 14.5 Å². The second-order valence-electron chi connectivity index (χ2n) is 5.00. The predicted octanol–water partition coefficient (Wildman–Crippen LogP) is 1.97. The van der Waals surface area contributed by atoms with Gasteiger partial charge in [-0.2, -0.15) is 10.5 Å². The number of rotatable bonds is 4. The van der Waals surface area contributed by atoms with E-state index in [0.717, 1.165) is 5.56 Å². The van der Waals surface area contributed by atoms with E-state index in [2.05, 4.69) is 0 Å². The largest absolute Gasteiger partial charge is 0.283 e. The molecule has 1 atom stereocenters. The molecule has 1 aromatic carbocycles. The van der Waals surface area contributed by atoms with Crippen LogP contribution in [0.1, 0.15) is 30.7 Å². The highest BCUT2D eigenvalue weighted by Crippen LogP contribution is 2.29. The van der Waals surface area contributed by atoms with Gasteiger partial charge < -0.3 is 0 Å². The molecule has 1 aliphatic rings. The van der Waals surface area contributed by atoms with Crippen molar-refractivity contribution < 1.29 is 9.59 Å². The lowest BCUT2D eigenvalue weighted by atomic mass is 9.85. The van der Waals surface area contributed by atoms with E-state index in [1.807, 2.05) is 18.2 Å². The normalized spacial score (nSPS) is 15.6. The zero-order chi connectivity index (χ0) is 15.2. The van der Waals surface area contributed by atoms with E-state index >= 15 is 0 Å². The summed E-state index contributed by atoms with van der Waals surface area (Å²) in [6.07, 6.45) is 1.07. The number of carbonyl (C=O) groups excluding carboxylic acids is 2. The van der Waals surface area contributed by atoms with Gasteiger partial charge in [-0.05, 0) is 12.0 Å². The summed E-state index contributed by atoms with van der Waals surface area (Å²) in [5.74, 6) is -1.89. The summed E-state index contributed by atoms with van der Waals surface area (Å²) in [6.45, 7) is 0.433. The number of hydrogen-bond donors (Lipinski definition) is 0. The lowest BCUT2D eigenvalue weighted by molar-refractivity contribution is -0.142. The first-order chi connectivity index (χ1) is 10.2. The molecule has 2 amide bonds. The van der Waals surface area contributed by atoms with Crippen LogP contribution in [0.2, 0.25) is 0 Å². The van der Waals surface area contributed by atoms with Crippen LogP contribution >= 0.6 is 0 Å². The van der Waals surface area contributed by atoms with E-state index < -0.39 is 11.8 Å². The first-order valence-electron chi connectivity index (χ1n) is 6.84. The number of carbonyl (C=O) groups is 2. The summed E-state index contributed by atoms with van der Waals surface area (Å²) in [7, 11) is 0. The maximum absolute atomic E-state index is 12.3. The van der Waals surface area contributed by atoms with Gasteiger partial charge in [0.05, 0.1) is 12.1 Å². The third-order valence-corrected chi connectivity index (χ3v) is 3.68. The van der Waals surface area contributed by atoms with Gasteiger partial charge in [0.1, 0.15) is 5.92 Å². The van der Waals surface area contributed by atoms with Crippen LogP contribution in [0, 0.1) is 28.6 Å². The smallest absolute Gasteiger partial charge is 0.229 e. The van der Waals surface area contributed by atoms with Gasteiger partial charge in [0, 0.05) is 25.3 Å². The van der Waals surface area contributed by atoms with Crippen molar-refractivity contribution in [3.8, 4) is 12.1 Å². The molecule has 1 saturated heterocycles. The molecule has 1 unspecified atom stereocenters. The van der Waals surface area contributed by atoms with Crippen molar-refractivity contribution in [3.05, 3.63) is 35.9 Å². The van der Waals surface area contributed by atoms with E-state index in [-0.39, 0.29) is 18.2 Å². The van der Waals surface area contributed by atoms with Gasteiger partial charge in [-0.1, -0.05) is 30.3 Å². The number of nitrogens with zero attached hydrogens (tertiary/aromatic N) is 3. The Morgan fingerprint density at radius 2 is 1.90 bits per heavy atom. The number of amides is 2. The van der Waals surface area contributed by atoms with E-state index in [0.29, 0.717) is 19.4 Å². The summed E-state index contributed by atoms with van der Waals surface area (Å²) in [4.78, 5) is 25.1. The number of likely N-dealkylation sites (tertiary alicyclic amines) is 1. The maximum atomic E-state index is 12.3. The molecule has 0 aliphatic carbocycles. The Kier molecular flexibility index (Phi) is 4.68. The summed E-state index contributed by atoms with van der Waals surface area (Å²) < 4.78 is 0. The first-order valence-corrected chi connectivity index (χ1v) is 6.84. The standard InChI is InChI=1S/C16H15N3O2/c17-10-13(11-18)14(12-5-2-1-3-6-12)9-16(21)19-8-4-7-15(19)20/h1-3,5-6,13-14H,4,7-9H2. The molecule has 0 aromatic heterocycles. The average Bonchev–Trinajstić information content (AvgIpc) is 2.94. The minimum atomic E-state index is -0.908. The van der Waals surface area contributed by atoms with Gasteiger partial charge in [0.25, 0.3) is 0 Å². The Labute approximate surface area is 123 Å². The Bertz CT molecular complexity index is 599. The number of benzene rings is 1. The zero-order valence-electron chi connectivity index (χ0n) is 11.5. The predicted molar refractivity (Wildman–Crippen MR) is 74.5 cm³/mol. The van der Waals surface area contributed by atoms with Gasteiger partial charge >= 0.3 is 0 Å². The highest BCUT2D eigenvalue weighted by molar-refractivity contribution is 5.96. The molecule has 0 spiro atoms. The molecule has 5 nitrogen and oxygen atoms in total. The summed E-state index contributed by atoms with van der Waals surface area (Å²) >= 11 is 0. The molecule has 1 fully saturated rings. The fourth-order valence-corrected chi connectivity index (χ4v) is 2.55. The molecule has 21 heavy (non-hydrogen) atoms. The van der Waals surface area contributed by atoms with Gasteiger partial charge in [0.2, 0.25) is 11.8 Å². The quantitative estimate of drug-likeness (QED) is 0.844. The number of imide groups is 1. The molecule has 0 radical (unpaired) electrons. The fourth-order valence-electron chi connectivity index (χ4n) is 2.55. The van der Waals surface area contributed by atoms with Crippen LogP contribution in [0.25, 0.3) is 0 Å². The molecule has 0 bridgehead atoms. The number of nitriles is 2. The second-order valence-corrected chi connectivity index (χ2v) is 5.00. The average molecular weight is 281 g/mol. The van der Waals surface area contributed by atoms with Crippen LogP contribution < -0.4 is 0 Å². The fraction of sp³-hybridized carbons (Fsp3) is 0.375. The summed E-state index contributed by atoms with van der Waals surface area (Å²) in [6, 6.07) is 12.9. The van der Waals surface area contributed by atoms with E-state index in [1.54, 1.807) is 24.3 Å². The van der Waals surface area contributed by atoms with Crippen molar-refractivity contribution in [2.45, 2.75) is 25.2 Å². The lowest BCUT2D eigenvalue weighted by Crippen LogP contribution is -2.33. The third-order valence-electron chi connectivity index (χ3n) is 3.68. The van der Waals surface area contributed by atoms with Gasteiger partial charge in [-0.15, -0.1) is 0 Å².